The molecular formula is C6H8N3O+. The molecular weight excluding hydrogens is 130 g/mol. The molecule has 1 heterocycles. The molecule has 0 saturated carbocycles. The molecule has 1 rings (SSSR count). The molecule has 0 bridgehead atoms. The Morgan fingerprint density at radius 3 is 2.90 bits per heavy atom. The third kappa shape index (κ3) is 1.10. The predicted octanol–water partition coefficient (Wildman–Crippen LogP) is -0.995. The van der Waals surface area contributed by atoms with Crippen LogP contribution in [0.25, 0.3) is 0 Å². The van der Waals surface area contributed by atoms with Gasteiger partial charge in [0.2, 0.25) is 0 Å². The molecule has 10 heavy (non-hydrogen) atoms. The fourth-order valence-corrected chi connectivity index (χ4v) is 0.680. The van der Waals surface area contributed by atoms with E-state index in [1.165, 1.54) is 6.20 Å². The number of carbonyl (C=O) groups is 1. The molecule has 4 heteroatoms. The highest BCUT2D eigenvalue weighted by atomic mass is 16.1. The first-order valence-corrected chi connectivity index (χ1v) is 2.82. The van der Waals surface area contributed by atoms with Crippen molar-refractivity contribution >= 4 is 5.91 Å². The van der Waals surface area contributed by atoms with Gasteiger partial charge in [-0.05, 0) is 4.98 Å². The summed E-state index contributed by atoms with van der Waals surface area (Å²) in [4.78, 5) is 14.3. The molecule has 0 unspecified atom stereocenters. The summed E-state index contributed by atoms with van der Waals surface area (Å²) in [6.07, 6.45) is 3.24. The number of hydrogen-bond donors (Lipinski definition) is 1. The standard InChI is InChI=1S/C6H7N3O/c1-9-4-2-3-8-6(9)5(7)10/h2-4H,1H3,(H-,7,10)/p+1. The van der Waals surface area contributed by atoms with Gasteiger partial charge in [0.05, 0.1) is 13.2 Å². The van der Waals surface area contributed by atoms with Crippen LogP contribution in [0.3, 0.4) is 0 Å². The second-order valence-corrected chi connectivity index (χ2v) is 1.92. The summed E-state index contributed by atoms with van der Waals surface area (Å²) in [5.41, 5.74) is 4.99. The van der Waals surface area contributed by atoms with E-state index in [4.69, 9.17) is 5.73 Å². The third-order valence-corrected chi connectivity index (χ3v) is 1.15. The largest absolute Gasteiger partial charge is 0.388 e. The molecule has 2 N–H and O–H groups in total. The molecule has 1 aromatic heterocycles. The minimum Gasteiger partial charge on any atom is -0.359 e. The smallest absolute Gasteiger partial charge is 0.359 e. The van der Waals surface area contributed by atoms with Crippen LogP contribution in [-0.4, -0.2) is 10.9 Å². The lowest BCUT2D eigenvalue weighted by molar-refractivity contribution is -0.676. The van der Waals surface area contributed by atoms with Crippen LogP contribution < -0.4 is 10.3 Å². The van der Waals surface area contributed by atoms with Gasteiger partial charge in [-0.3, -0.25) is 4.79 Å². The van der Waals surface area contributed by atoms with E-state index in [0.29, 0.717) is 0 Å². The van der Waals surface area contributed by atoms with E-state index in [-0.39, 0.29) is 5.82 Å². The highest BCUT2D eigenvalue weighted by Gasteiger charge is 2.13. The van der Waals surface area contributed by atoms with Crippen molar-refractivity contribution in [1.82, 2.24) is 4.98 Å². The average Bonchev–Trinajstić information content (AvgIpc) is 1.88. The Labute approximate surface area is 58.3 Å². The predicted molar refractivity (Wildman–Crippen MR) is 33.9 cm³/mol. The number of nitrogens with two attached hydrogens (primary N) is 1. The van der Waals surface area contributed by atoms with Crippen molar-refractivity contribution in [2.45, 2.75) is 0 Å². The van der Waals surface area contributed by atoms with Crippen molar-refractivity contribution < 1.29 is 9.36 Å². The first-order valence-electron chi connectivity index (χ1n) is 2.82. The summed E-state index contributed by atoms with van der Waals surface area (Å²) in [6, 6.07) is 1.73. The molecule has 0 aromatic carbocycles. The van der Waals surface area contributed by atoms with Crippen LogP contribution >= 0.6 is 0 Å². The summed E-state index contributed by atoms with van der Waals surface area (Å²) in [5, 5.41) is 0. The van der Waals surface area contributed by atoms with Crippen LogP contribution in [0, 0.1) is 0 Å². The molecule has 0 radical (unpaired) electrons. The Morgan fingerprint density at radius 1 is 1.80 bits per heavy atom. The summed E-state index contributed by atoms with van der Waals surface area (Å²) in [5.74, 6) is -0.245. The lowest BCUT2D eigenvalue weighted by Crippen LogP contribution is -2.39. The van der Waals surface area contributed by atoms with E-state index in [1.54, 1.807) is 23.9 Å². The topological polar surface area (TPSA) is 59.9 Å². The zero-order valence-electron chi connectivity index (χ0n) is 5.61. The van der Waals surface area contributed by atoms with E-state index in [2.05, 4.69) is 4.98 Å². The van der Waals surface area contributed by atoms with E-state index in [0.717, 1.165) is 0 Å². The lowest BCUT2D eigenvalue weighted by atomic mass is 10.5. The van der Waals surface area contributed by atoms with Crippen molar-refractivity contribution in [1.29, 1.82) is 0 Å². The van der Waals surface area contributed by atoms with Crippen LogP contribution in [0.15, 0.2) is 18.5 Å². The molecule has 0 aliphatic heterocycles. The van der Waals surface area contributed by atoms with Gasteiger partial charge in [-0.1, -0.05) is 0 Å². The zero-order valence-corrected chi connectivity index (χ0v) is 5.61. The minimum atomic E-state index is -0.511. The molecule has 0 spiro atoms. The normalized spacial score (nSPS) is 9.30. The summed E-state index contributed by atoms with van der Waals surface area (Å²) in [6.45, 7) is 0. The molecule has 4 nitrogen and oxygen atoms in total. The van der Waals surface area contributed by atoms with Gasteiger partial charge in [-0.25, -0.2) is 4.57 Å². The lowest BCUT2D eigenvalue weighted by Gasteiger charge is -1.89. The second kappa shape index (κ2) is 2.43. The van der Waals surface area contributed by atoms with E-state index in [9.17, 15) is 4.79 Å². The minimum absolute atomic E-state index is 0.266. The molecule has 0 saturated heterocycles. The fraction of sp³-hybridized carbons (Fsp3) is 0.167. The molecule has 0 atom stereocenters. The van der Waals surface area contributed by atoms with Gasteiger partial charge in [0.15, 0.2) is 0 Å². The second-order valence-electron chi connectivity index (χ2n) is 1.92. The van der Waals surface area contributed by atoms with E-state index in [1.807, 2.05) is 0 Å². The molecule has 0 aliphatic carbocycles. The van der Waals surface area contributed by atoms with Gasteiger partial charge >= 0.3 is 11.7 Å². The van der Waals surface area contributed by atoms with Crippen molar-refractivity contribution in [2.75, 3.05) is 0 Å². The number of aryl methyl sites for hydroxylation is 1. The van der Waals surface area contributed by atoms with E-state index >= 15 is 0 Å². The van der Waals surface area contributed by atoms with Gasteiger partial charge < -0.3 is 5.73 Å². The SMILES string of the molecule is C[n+]1cccnc1C(N)=O. The maximum atomic E-state index is 10.6. The number of primary amides is 1. The monoisotopic (exact) mass is 138 g/mol. The number of aromatic nitrogens is 2. The average molecular weight is 138 g/mol. The van der Waals surface area contributed by atoms with Gasteiger partial charge in [0, 0.05) is 6.07 Å². The van der Waals surface area contributed by atoms with Crippen LogP contribution in [0.1, 0.15) is 10.6 Å². The molecule has 1 amide bonds. The Bertz CT molecular complexity index is 259. The molecule has 0 aliphatic rings. The quantitative estimate of drug-likeness (QED) is 0.506. The maximum absolute atomic E-state index is 10.6. The Hall–Kier alpha value is -1.45. The Balaban J connectivity index is 3.15. The summed E-state index contributed by atoms with van der Waals surface area (Å²) < 4.78 is 1.57. The first kappa shape index (κ1) is 6.67. The van der Waals surface area contributed by atoms with Crippen LogP contribution in [0.2, 0.25) is 0 Å². The van der Waals surface area contributed by atoms with Gasteiger partial charge in [-0.2, -0.15) is 0 Å². The Morgan fingerprint density at radius 2 is 2.50 bits per heavy atom. The zero-order chi connectivity index (χ0) is 7.56. The summed E-state index contributed by atoms with van der Waals surface area (Å²) in [7, 11) is 1.72. The fourth-order valence-electron chi connectivity index (χ4n) is 0.680. The molecule has 1 aromatic rings. The number of amides is 1. The van der Waals surface area contributed by atoms with Gasteiger partial charge in [0.1, 0.15) is 6.20 Å². The maximum Gasteiger partial charge on any atom is 0.388 e. The van der Waals surface area contributed by atoms with Gasteiger partial charge in [-0.15, -0.1) is 0 Å². The summed E-state index contributed by atoms with van der Waals surface area (Å²) >= 11 is 0. The third-order valence-electron chi connectivity index (χ3n) is 1.15. The first-order chi connectivity index (χ1) is 4.72. The Kier molecular flexibility index (Phi) is 1.62. The number of carbonyl (C=O) groups excluding carboxylic acids is 1. The van der Waals surface area contributed by atoms with Crippen LogP contribution in [-0.2, 0) is 7.05 Å². The van der Waals surface area contributed by atoms with E-state index < -0.39 is 5.91 Å². The number of hydrogen-bond acceptors (Lipinski definition) is 2. The van der Waals surface area contributed by atoms with Crippen molar-refractivity contribution in [3.63, 3.8) is 0 Å². The molecule has 52 valence electrons. The highest BCUT2D eigenvalue weighted by molar-refractivity contribution is 5.87. The number of nitrogens with zero attached hydrogens (tertiary/aromatic N) is 2. The van der Waals surface area contributed by atoms with Crippen molar-refractivity contribution in [2.24, 2.45) is 12.8 Å². The van der Waals surface area contributed by atoms with Gasteiger partial charge in [0.25, 0.3) is 0 Å². The van der Waals surface area contributed by atoms with Crippen LogP contribution in [0.5, 0.6) is 0 Å². The van der Waals surface area contributed by atoms with Crippen LogP contribution in [0.4, 0.5) is 0 Å². The van der Waals surface area contributed by atoms with Crippen molar-refractivity contribution in [3.05, 3.63) is 24.3 Å². The number of rotatable bonds is 1. The highest BCUT2D eigenvalue weighted by Crippen LogP contribution is 1.79. The van der Waals surface area contributed by atoms with Crippen molar-refractivity contribution in [3.8, 4) is 0 Å². The molecule has 0 fully saturated rings.